The summed E-state index contributed by atoms with van der Waals surface area (Å²) in [7, 11) is 0. The van der Waals surface area contributed by atoms with Crippen LogP contribution in [0.15, 0.2) is 48.5 Å². The second kappa shape index (κ2) is 8.87. The first-order valence-corrected chi connectivity index (χ1v) is 8.34. The number of carbonyl (C=O) groups is 2. The number of hydrogen-bond donors (Lipinski definition) is 2. The maximum atomic E-state index is 12.3. The lowest BCUT2D eigenvalue weighted by Gasteiger charge is -2.16. The van der Waals surface area contributed by atoms with Crippen molar-refractivity contribution in [1.82, 2.24) is 10.9 Å². The minimum atomic E-state index is -0.407. The average molecular weight is 340 g/mol. The van der Waals surface area contributed by atoms with Gasteiger partial charge in [-0.2, -0.15) is 0 Å². The van der Waals surface area contributed by atoms with E-state index in [1.165, 1.54) is 0 Å². The molecule has 0 radical (unpaired) electrons. The molecule has 0 heterocycles. The quantitative estimate of drug-likeness (QED) is 0.794. The van der Waals surface area contributed by atoms with E-state index in [1.807, 2.05) is 69.3 Å². The van der Waals surface area contributed by atoms with Gasteiger partial charge in [0.05, 0.1) is 5.92 Å². The highest BCUT2D eigenvalue weighted by molar-refractivity contribution is 5.86. The van der Waals surface area contributed by atoms with Crippen LogP contribution in [-0.4, -0.2) is 18.4 Å². The predicted octanol–water partition coefficient (Wildman–Crippen LogP) is 3.02. The zero-order chi connectivity index (χ0) is 18.2. The number of rotatable bonds is 6. The molecule has 1 unspecified atom stereocenters. The largest absolute Gasteiger partial charge is 0.484 e. The fourth-order valence-corrected chi connectivity index (χ4v) is 2.68. The van der Waals surface area contributed by atoms with E-state index in [4.69, 9.17) is 4.74 Å². The molecular formula is C20H24N2O3. The molecule has 0 aliphatic heterocycles. The van der Waals surface area contributed by atoms with Crippen LogP contribution in [0.25, 0.3) is 0 Å². The van der Waals surface area contributed by atoms with Gasteiger partial charge in [-0.15, -0.1) is 0 Å². The molecule has 0 saturated heterocycles. The summed E-state index contributed by atoms with van der Waals surface area (Å²) >= 11 is 0. The number of hydrazine groups is 1. The molecule has 2 N–H and O–H groups in total. The van der Waals surface area contributed by atoms with Crippen LogP contribution in [0.3, 0.4) is 0 Å². The summed E-state index contributed by atoms with van der Waals surface area (Å²) < 4.78 is 5.47. The summed E-state index contributed by atoms with van der Waals surface area (Å²) in [5.41, 5.74) is 7.93. The molecular weight excluding hydrogens is 316 g/mol. The standard InChI is InChI=1S/C20H24N2O3/c1-4-18(16-8-6-5-7-9-16)20(24)22-21-19(23)13-25-17-11-14(2)10-15(3)12-17/h5-12,18H,4,13H2,1-3H3,(H,21,23)(H,22,24). The van der Waals surface area contributed by atoms with Crippen molar-refractivity contribution in [3.63, 3.8) is 0 Å². The van der Waals surface area contributed by atoms with Gasteiger partial charge >= 0.3 is 0 Å². The average Bonchev–Trinajstić information content (AvgIpc) is 2.59. The minimum absolute atomic E-state index is 0.161. The van der Waals surface area contributed by atoms with Crippen molar-refractivity contribution in [2.75, 3.05) is 6.61 Å². The highest BCUT2D eigenvalue weighted by atomic mass is 16.5. The van der Waals surface area contributed by atoms with E-state index in [1.54, 1.807) is 0 Å². The van der Waals surface area contributed by atoms with E-state index in [9.17, 15) is 9.59 Å². The van der Waals surface area contributed by atoms with E-state index in [2.05, 4.69) is 10.9 Å². The van der Waals surface area contributed by atoms with Crippen LogP contribution < -0.4 is 15.6 Å². The SMILES string of the molecule is CCC(C(=O)NNC(=O)COc1cc(C)cc(C)c1)c1ccccc1. The Bertz CT molecular complexity index is 709. The Morgan fingerprint density at radius 2 is 1.64 bits per heavy atom. The third-order valence-corrected chi connectivity index (χ3v) is 3.82. The summed E-state index contributed by atoms with van der Waals surface area (Å²) in [5.74, 6) is -0.319. The molecule has 1 atom stereocenters. The Hall–Kier alpha value is -2.82. The predicted molar refractivity (Wildman–Crippen MR) is 97.2 cm³/mol. The van der Waals surface area contributed by atoms with E-state index >= 15 is 0 Å². The van der Waals surface area contributed by atoms with Crippen LogP contribution in [0, 0.1) is 13.8 Å². The monoisotopic (exact) mass is 340 g/mol. The van der Waals surface area contributed by atoms with Crippen molar-refractivity contribution < 1.29 is 14.3 Å². The number of aryl methyl sites for hydroxylation is 2. The van der Waals surface area contributed by atoms with E-state index in [0.717, 1.165) is 16.7 Å². The molecule has 5 nitrogen and oxygen atoms in total. The van der Waals surface area contributed by atoms with Crippen molar-refractivity contribution in [2.24, 2.45) is 0 Å². The molecule has 0 aromatic heterocycles. The fourth-order valence-electron chi connectivity index (χ4n) is 2.68. The molecule has 0 saturated carbocycles. The Kier molecular flexibility index (Phi) is 6.57. The molecule has 2 rings (SSSR count). The Labute approximate surface area is 148 Å². The first-order chi connectivity index (χ1) is 12.0. The van der Waals surface area contributed by atoms with Gasteiger partial charge in [-0.25, -0.2) is 0 Å². The lowest BCUT2D eigenvalue weighted by atomic mass is 9.96. The number of nitrogens with one attached hydrogen (secondary N) is 2. The van der Waals surface area contributed by atoms with Crippen LogP contribution in [0.5, 0.6) is 5.75 Å². The summed E-state index contributed by atoms with van der Waals surface area (Å²) in [6.45, 7) is 5.71. The molecule has 5 heteroatoms. The first kappa shape index (κ1) is 18.5. The summed E-state index contributed by atoms with van der Waals surface area (Å²) in [5, 5.41) is 0. The minimum Gasteiger partial charge on any atom is -0.484 e. The van der Waals surface area contributed by atoms with Gasteiger partial charge in [0.25, 0.3) is 5.91 Å². The van der Waals surface area contributed by atoms with Gasteiger partial charge < -0.3 is 4.74 Å². The highest BCUT2D eigenvalue weighted by Gasteiger charge is 2.18. The molecule has 0 spiro atoms. The van der Waals surface area contributed by atoms with Gasteiger partial charge in [0.2, 0.25) is 5.91 Å². The van der Waals surface area contributed by atoms with Crippen molar-refractivity contribution in [3.05, 3.63) is 65.2 Å². The van der Waals surface area contributed by atoms with E-state index < -0.39 is 5.91 Å². The van der Waals surface area contributed by atoms with Crippen LogP contribution >= 0.6 is 0 Å². The van der Waals surface area contributed by atoms with E-state index in [-0.39, 0.29) is 18.4 Å². The molecule has 2 aromatic carbocycles. The fraction of sp³-hybridized carbons (Fsp3) is 0.300. The van der Waals surface area contributed by atoms with Gasteiger partial charge in [-0.05, 0) is 49.1 Å². The second-order valence-corrected chi connectivity index (χ2v) is 6.02. The molecule has 0 bridgehead atoms. The zero-order valence-electron chi connectivity index (χ0n) is 14.8. The number of amides is 2. The Morgan fingerprint density at radius 1 is 1.00 bits per heavy atom. The van der Waals surface area contributed by atoms with E-state index in [0.29, 0.717) is 12.2 Å². The molecule has 132 valence electrons. The third-order valence-electron chi connectivity index (χ3n) is 3.82. The third kappa shape index (κ3) is 5.64. The second-order valence-electron chi connectivity index (χ2n) is 6.02. The van der Waals surface area contributed by atoms with Gasteiger partial charge in [0, 0.05) is 0 Å². The van der Waals surface area contributed by atoms with Crippen molar-refractivity contribution in [2.45, 2.75) is 33.1 Å². The van der Waals surface area contributed by atoms with Gasteiger partial charge in [0.15, 0.2) is 6.61 Å². The van der Waals surface area contributed by atoms with Gasteiger partial charge in [0.1, 0.15) is 5.75 Å². The number of carbonyl (C=O) groups excluding carboxylic acids is 2. The lowest BCUT2D eigenvalue weighted by Crippen LogP contribution is -2.45. The lowest BCUT2D eigenvalue weighted by molar-refractivity contribution is -0.130. The Morgan fingerprint density at radius 3 is 2.24 bits per heavy atom. The van der Waals surface area contributed by atoms with Crippen molar-refractivity contribution >= 4 is 11.8 Å². The molecule has 0 aliphatic carbocycles. The molecule has 0 aliphatic rings. The molecule has 25 heavy (non-hydrogen) atoms. The maximum Gasteiger partial charge on any atom is 0.276 e. The molecule has 2 amide bonds. The highest BCUT2D eigenvalue weighted by Crippen LogP contribution is 2.19. The molecule has 2 aromatic rings. The van der Waals surface area contributed by atoms with Crippen LogP contribution in [0.4, 0.5) is 0 Å². The number of hydrogen-bond acceptors (Lipinski definition) is 3. The van der Waals surface area contributed by atoms with Crippen molar-refractivity contribution in [1.29, 1.82) is 0 Å². The summed E-state index contributed by atoms with van der Waals surface area (Å²) in [6.07, 6.45) is 0.644. The smallest absolute Gasteiger partial charge is 0.276 e. The zero-order valence-corrected chi connectivity index (χ0v) is 14.8. The number of ether oxygens (including phenoxy) is 1. The van der Waals surface area contributed by atoms with Crippen LogP contribution in [0.2, 0.25) is 0 Å². The maximum absolute atomic E-state index is 12.3. The topological polar surface area (TPSA) is 67.4 Å². The molecule has 0 fully saturated rings. The normalized spacial score (nSPS) is 11.5. The Balaban J connectivity index is 1.83. The summed E-state index contributed by atoms with van der Waals surface area (Å²) in [6, 6.07) is 15.2. The van der Waals surface area contributed by atoms with Crippen LogP contribution in [-0.2, 0) is 9.59 Å². The van der Waals surface area contributed by atoms with Crippen LogP contribution in [0.1, 0.15) is 36.0 Å². The van der Waals surface area contributed by atoms with Crippen molar-refractivity contribution in [3.8, 4) is 5.75 Å². The first-order valence-electron chi connectivity index (χ1n) is 8.34. The number of benzene rings is 2. The summed E-state index contributed by atoms with van der Waals surface area (Å²) in [4.78, 5) is 24.2. The van der Waals surface area contributed by atoms with Gasteiger partial charge in [-0.1, -0.05) is 43.3 Å². The van der Waals surface area contributed by atoms with Gasteiger partial charge in [-0.3, -0.25) is 20.4 Å².